The maximum atomic E-state index is 14.7. The van der Waals surface area contributed by atoms with Crippen molar-refractivity contribution < 1.29 is 27.9 Å². The van der Waals surface area contributed by atoms with E-state index in [1.165, 1.54) is 40.5 Å². The van der Waals surface area contributed by atoms with E-state index in [0.29, 0.717) is 12.4 Å². The molecule has 2 atom stereocenters. The molecule has 0 bridgehead atoms. The Kier molecular flexibility index (Phi) is 4.97. The summed E-state index contributed by atoms with van der Waals surface area (Å²) in [5, 5.41) is 16.8. The molecule has 0 radical (unpaired) electrons. The van der Waals surface area contributed by atoms with Crippen molar-refractivity contribution in [2.24, 2.45) is 0 Å². The molecule has 0 saturated carbocycles. The van der Waals surface area contributed by atoms with Crippen molar-refractivity contribution in [1.29, 1.82) is 0 Å². The number of hydrogen-bond acceptors (Lipinski definition) is 8. The topological polar surface area (TPSA) is 91.1 Å². The van der Waals surface area contributed by atoms with E-state index in [-0.39, 0.29) is 36.7 Å². The lowest BCUT2D eigenvalue weighted by Crippen LogP contribution is -2.32. The van der Waals surface area contributed by atoms with Gasteiger partial charge in [0.15, 0.2) is 23.2 Å². The molecular formula is C18H18F2N4O4. The number of anilines is 3. The van der Waals surface area contributed by atoms with Crippen molar-refractivity contribution in [3.8, 4) is 0 Å². The van der Waals surface area contributed by atoms with Crippen LogP contribution in [0, 0.1) is 11.6 Å². The van der Waals surface area contributed by atoms with Crippen molar-refractivity contribution >= 4 is 23.0 Å². The first-order valence-electron chi connectivity index (χ1n) is 8.73. The molecule has 2 N–H and O–H groups in total. The molecule has 4 rings (SSSR count). The molecule has 0 spiro atoms. The van der Waals surface area contributed by atoms with E-state index in [0.717, 1.165) is 0 Å². The predicted molar refractivity (Wildman–Crippen MR) is 95.7 cm³/mol. The molecule has 1 fully saturated rings. The van der Waals surface area contributed by atoms with E-state index < -0.39 is 24.2 Å². The summed E-state index contributed by atoms with van der Waals surface area (Å²) in [4.78, 5) is 14.0. The van der Waals surface area contributed by atoms with Gasteiger partial charge in [-0.15, -0.1) is 0 Å². The van der Waals surface area contributed by atoms with Gasteiger partial charge in [0.05, 0.1) is 24.0 Å². The molecule has 8 nitrogen and oxygen atoms in total. The van der Waals surface area contributed by atoms with Gasteiger partial charge in [-0.25, -0.2) is 8.78 Å². The quantitative estimate of drug-likeness (QED) is 0.797. The Labute approximate surface area is 159 Å². The molecule has 0 amide bonds. The normalized spacial score (nSPS) is 22.2. The van der Waals surface area contributed by atoms with Crippen LogP contribution in [0.3, 0.4) is 0 Å². The summed E-state index contributed by atoms with van der Waals surface area (Å²) in [6.45, 7) is 0.727. The zero-order valence-corrected chi connectivity index (χ0v) is 14.7. The number of halogens is 2. The van der Waals surface area contributed by atoms with Crippen LogP contribution < -0.4 is 15.1 Å². The van der Waals surface area contributed by atoms with Crippen LogP contribution in [-0.4, -0.2) is 48.2 Å². The summed E-state index contributed by atoms with van der Waals surface area (Å²) in [5.41, 5.74) is -0.0707. The Morgan fingerprint density at radius 1 is 1.25 bits per heavy atom. The van der Waals surface area contributed by atoms with Crippen molar-refractivity contribution in [3.63, 3.8) is 0 Å². The number of carbonyl (C=O) groups is 1. The van der Waals surface area contributed by atoms with Crippen molar-refractivity contribution in [1.82, 2.24) is 5.16 Å². The molecule has 10 heteroatoms. The summed E-state index contributed by atoms with van der Waals surface area (Å²) in [7, 11) is 0. The Hall–Kier alpha value is -2.98. The second kappa shape index (κ2) is 7.56. The third-order valence-electron chi connectivity index (χ3n) is 4.63. The van der Waals surface area contributed by atoms with Gasteiger partial charge in [0, 0.05) is 31.8 Å². The van der Waals surface area contributed by atoms with Crippen LogP contribution in [-0.2, 0) is 9.53 Å². The maximum Gasteiger partial charge on any atom is 0.238 e. The van der Waals surface area contributed by atoms with E-state index in [4.69, 9.17) is 9.26 Å². The Bertz CT molecular complexity index is 890. The minimum atomic E-state index is -1.41. The highest BCUT2D eigenvalue weighted by Crippen LogP contribution is 2.33. The fraction of sp³-hybridized carbons (Fsp3) is 0.333. The van der Waals surface area contributed by atoms with Gasteiger partial charge < -0.3 is 29.5 Å². The number of allylic oxidation sites excluding steroid dienone is 1. The lowest BCUT2D eigenvalue weighted by Gasteiger charge is -2.26. The first-order chi connectivity index (χ1) is 13.5. The number of carbonyl (C=O) groups excluding carboxylic acids is 1. The molecule has 2 aliphatic heterocycles. The van der Waals surface area contributed by atoms with E-state index in [1.54, 1.807) is 6.07 Å². The smallest absolute Gasteiger partial charge is 0.238 e. The zero-order chi connectivity index (χ0) is 19.7. The summed E-state index contributed by atoms with van der Waals surface area (Å²) in [6, 6.07) is 4.43. The van der Waals surface area contributed by atoms with Gasteiger partial charge in [0.1, 0.15) is 6.26 Å². The summed E-state index contributed by atoms with van der Waals surface area (Å²) in [6.07, 6.45) is 2.54. The minimum absolute atomic E-state index is 0.0313. The lowest BCUT2D eigenvalue weighted by atomic mass is 10.1. The average Bonchev–Trinajstić information content (AvgIpc) is 3.33. The number of rotatable bonds is 5. The first kappa shape index (κ1) is 18.4. The number of ketones is 1. The van der Waals surface area contributed by atoms with Gasteiger partial charge >= 0.3 is 0 Å². The monoisotopic (exact) mass is 392 g/mol. The number of hydrogen-bond donors (Lipinski definition) is 2. The molecule has 3 heterocycles. The number of nitrogens with zero attached hydrogens (tertiary/aromatic N) is 3. The summed E-state index contributed by atoms with van der Waals surface area (Å²) in [5.74, 6) is -1.69. The van der Waals surface area contributed by atoms with Crippen molar-refractivity contribution in [2.75, 3.05) is 34.8 Å². The van der Waals surface area contributed by atoms with Crippen molar-refractivity contribution in [3.05, 3.63) is 48.4 Å². The number of benzene rings is 1. The molecular weight excluding hydrogens is 374 g/mol. The molecule has 1 saturated heterocycles. The van der Waals surface area contributed by atoms with E-state index >= 15 is 0 Å². The van der Waals surface area contributed by atoms with Crippen molar-refractivity contribution in [2.45, 2.75) is 18.9 Å². The fourth-order valence-electron chi connectivity index (χ4n) is 3.19. The third kappa shape index (κ3) is 3.56. The largest absolute Gasteiger partial charge is 0.365 e. The number of ether oxygens (including phenoxy) is 1. The minimum Gasteiger partial charge on any atom is -0.365 e. The predicted octanol–water partition coefficient (Wildman–Crippen LogP) is 1.84. The van der Waals surface area contributed by atoms with Gasteiger partial charge in [-0.3, -0.25) is 4.79 Å². The van der Waals surface area contributed by atoms with Crippen LogP contribution in [0.2, 0.25) is 0 Å². The molecule has 2 unspecified atom stereocenters. The Morgan fingerprint density at radius 2 is 2.04 bits per heavy atom. The second-order valence-corrected chi connectivity index (χ2v) is 6.46. The van der Waals surface area contributed by atoms with Crippen LogP contribution in [0.15, 0.2) is 41.3 Å². The van der Waals surface area contributed by atoms with Gasteiger partial charge in [-0.2, -0.15) is 0 Å². The number of aliphatic hydroxyl groups is 1. The second-order valence-electron chi connectivity index (χ2n) is 6.46. The standard InChI is InChI=1S/C18H18F2N4O4/c19-16-13(23-6-3-11(25)4-7-23)1-2-14(17(16)20)24-10-12(28-18(24)26)9-21-15-5-8-27-22-15/h1-3,5-6,8,12,18,26H,4,7,9-10H2,(H,21,22). The van der Waals surface area contributed by atoms with Gasteiger partial charge in [-0.05, 0) is 18.2 Å². The van der Waals surface area contributed by atoms with Gasteiger partial charge in [0.2, 0.25) is 6.41 Å². The Balaban J connectivity index is 1.48. The molecule has 2 aromatic rings. The average molecular weight is 392 g/mol. The van der Waals surface area contributed by atoms with E-state index in [1.807, 2.05) is 0 Å². The van der Waals surface area contributed by atoms with Crippen LogP contribution in [0.4, 0.5) is 26.0 Å². The van der Waals surface area contributed by atoms with Crippen LogP contribution in [0.1, 0.15) is 6.42 Å². The summed E-state index contributed by atoms with van der Waals surface area (Å²) < 4.78 is 39.5. The zero-order valence-electron chi connectivity index (χ0n) is 14.7. The molecule has 0 aliphatic carbocycles. The SMILES string of the molecule is O=C1C=CN(c2ccc(N3CC(CNc4ccon4)OC3O)c(F)c2F)CC1. The van der Waals surface area contributed by atoms with Crippen LogP contribution in [0.25, 0.3) is 0 Å². The third-order valence-corrected chi connectivity index (χ3v) is 4.63. The van der Waals surface area contributed by atoms with Gasteiger partial charge in [-0.1, -0.05) is 5.16 Å². The highest BCUT2D eigenvalue weighted by molar-refractivity contribution is 5.91. The Morgan fingerprint density at radius 3 is 2.75 bits per heavy atom. The lowest BCUT2D eigenvalue weighted by molar-refractivity contribution is -0.114. The van der Waals surface area contributed by atoms with Gasteiger partial charge in [0.25, 0.3) is 0 Å². The maximum absolute atomic E-state index is 14.7. The summed E-state index contributed by atoms with van der Waals surface area (Å²) >= 11 is 0. The highest BCUT2D eigenvalue weighted by atomic mass is 19.2. The molecule has 1 aromatic carbocycles. The number of nitrogens with one attached hydrogen (secondary N) is 1. The number of aromatic nitrogens is 1. The van der Waals surface area contributed by atoms with Crippen LogP contribution >= 0.6 is 0 Å². The first-order valence-corrected chi connectivity index (χ1v) is 8.73. The molecule has 1 aromatic heterocycles. The fourth-order valence-corrected chi connectivity index (χ4v) is 3.19. The molecule has 28 heavy (non-hydrogen) atoms. The molecule has 2 aliphatic rings. The molecule has 148 valence electrons. The number of aliphatic hydroxyl groups excluding tert-OH is 1. The van der Waals surface area contributed by atoms with Crippen LogP contribution in [0.5, 0.6) is 0 Å². The highest BCUT2D eigenvalue weighted by Gasteiger charge is 2.34. The van der Waals surface area contributed by atoms with E-state index in [2.05, 4.69) is 10.5 Å². The van der Waals surface area contributed by atoms with E-state index in [9.17, 15) is 18.7 Å².